The normalized spacial score (nSPS) is 40.8. The molecule has 5 nitrogen and oxygen atoms in total. The first-order chi connectivity index (χ1) is 13.6. The number of ketones is 1. The first-order valence-corrected chi connectivity index (χ1v) is 10.4. The molecule has 4 rings (SSSR count). The number of allylic oxidation sites excluding steroid dienone is 4. The van der Waals surface area contributed by atoms with Crippen molar-refractivity contribution in [3.05, 3.63) is 48.1 Å². The molecule has 0 amide bonds. The summed E-state index contributed by atoms with van der Waals surface area (Å²) < 4.78 is 5.60. The number of carbonyl (C=O) groups is 3. The minimum atomic E-state index is -1.17. The Labute approximate surface area is 171 Å². The van der Waals surface area contributed by atoms with Gasteiger partial charge in [0.1, 0.15) is 6.10 Å². The van der Waals surface area contributed by atoms with Crippen LogP contribution in [0.2, 0.25) is 0 Å². The second-order valence-corrected chi connectivity index (χ2v) is 9.42. The van der Waals surface area contributed by atoms with Gasteiger partial charge in [0.05, 0.1) is 0 Å². The van der Waals surface area contributed by atoms with Gasteiger partial charge >= 0.3 is 11.9 Å². The number of hydrogen-bond donors (Lipinski definition) is 1. The number of fused-ring (bicyclic) bond motifs is 5. The maximum atomic E-state index is 12.0. The molecule has 1 N–H and O–H groups in total. The lowest BCUT2D eigenvalue weighted by molar-refractivity contribution is -0.142. The molecule has 3 fully saturated rings. The Balaban J connectivity index is 1.56. The lowest BCUT2D eigenvalue weighted by atomic mass is 9.48. The maximum absolute atomic E-state index is 12.0. The third-order valence-corrected chi connectivity index (χ3v) is 8.16. The summed E-state index contributed by atoms with van der Waals surface area (Å²) in [5.74, 6) is -0.379. The van der Waals surface area contributed by atoms with Gasteiger partial charge in [-0.05, 0) is 73.0 Å². The monoisotopic (exact) mass is 396 g/mol. The number of rotatable bonds is 3. The number of aliphatic carboxylic acids is 1. The van der Waals surface area contributed by atoms with Crippen molar-refractivity contribution in [2.75, 3.05) is 0 Å². The maximum Gasteiger partial charge on any atom is 0.331 e. The van der Waals surface area contributed by atoms with E-state index in [0.29, 0.717) is 17.8 Å². The molecule has 3 saturated carbocycles. The van der Waals surface area contributed by atoms with Gasteiger partial charge in [-0.1, -0.05) is 32.1 Å². The Morgan fingerprint density at radius 2 is 2.00 bits per heavy atom. The van der Waals surface area contributed by atoms with Crippen LogP contribution in [-0.4, -0.2) is 28.9 Å². The van der Waals surface area contributed by atoms with Crippen molar-refractivity contribution < 1.29 is 24.2 Å². The number of carboxylic acids is 1. The van der Waals surface area contributed by atoms with Gasteiger partial charge in [-0.3, -0.25) is 4.79 Å². The van der Waals surface area contributed by atoms with Crippen LogP contribution in [0.25, 0.3) is 0 Å². The van der Waals surface area contributed by atoms with E-state index in [1.165, 1.54) is 5.57 Å². The Morgan fingerprint density at radius 1 is 1.24 bits per heavy atom. The predicted octanol–water partition coefficient (Wildman–Crippen LogP) is 4.01. The molecule has 29 heavy (non-hydrogen) atoms. The molecule has 0 radical (unpaired) electrons. The summed E-state index contributed by atoms with van der Waals surface area (Å²) in [6.07, 6.45) is 11.8. The van der Waals surface area contributed by atoms with Crippen molar-refractivity contribution in [2.24, 2.45) is 28.6 Å². The molecule has 154 valence electrons. The molecule has 6 atom stereocenters. The van der Waals surface area contributed by atoms with E-state index in [4.69, 9.17) is 9.84 Å². The highest BCUT2D eigenvalue weighted by atomic mass is 16.5. The molecule has 0 bridgehead atoms. The lowest BCUT2D eigenvalue weighted by Crippen LogP contribution is -2.48. The molecule has 0 aliphatic heterocycles. The lowest BCUT2D eigenvalue weighted by Gasteiger charge is -2.56. The molecule has 4 aliphatic carbocycles. The minimum Gasteiger partial charge on any atom is -0.478 e. The molecular weight excluding hydrogens is 368 g/mol. The van der Waals surface area contributed by atoms with Crippen LogP contribution in [0.5, 0.6) is 0 Å². The second-order valence-electron chi connectivity index (χ2n) is 9.42. The molecule has 5 heteroatoms. The van der Waals surface area contributed by atoms with Crippen molar-refractivity contribution in [3.63, 3.8) is 0 Å². The van der Waals surface area contributed by atoms with Gasteiger partial charge in [0, 0.05) is 17.6 Å². The summed E-state index contributed by atoms with van der Waals surface area (Å²) in [5.41, 5.74) is 2.07. The molecule has 0 unspecified atom stereocenters. The molecule has 4 aliphatic rings. The summed E-state index contributed by atoms with van der Waals surface area (Å²) in [6.45, 7) is 8.80. The fraction of sp³-hybridized carbons (Fsp3) is 0.542. The van der Waals surface area contributed by atoms with Crippen molar-refractivity contribution >= 4 is 17.7 Å². The van der Waals surface area contributed by atoms with Crippen LogP contribution >= 0.6 is 0 Å². The standard InChI is InChI=1S/C24H28O5/c1-14-20(29-22(28)7-6-21(26)27)13-19-17-5-4-15-12-16(25)8-10-24(15,3)18(17)9-11-23(14,19)2/h6-8,10,12,17-20H,1,4-5,9,11,13H2,2-3H3,(H,26,27)/b7-6-/t17-,18+,19+,20-,23-,24+/m1/s1. The Bertz CT molecular complexity index is 878. The van der Waals surface area contributed by atoms with Crippen LogP contribution < -0.4 is 0 Å². The highest BCUT2D eigenvalue weighted by Gasteiger charge is 2.59. The first kappa shape index (κ1) is 19.9. The van der Waals surface area contributed by atoms with E-state index in [0.717, 1.165) is 49.8 Å². The number of carboxylic acid groups (broad SMARTS) is 1. The molecule has 0 aromatic carbocycles. The number of esters is 1. The second kappa shape index (κ2) is 6.82. The van der Waals surface area contributed by atoms with E-state index in [1.54, 1.807) is 6.08 Å². The number of ether oxygens (including phenoxy) is 1. The Morgan fingerprint density at radius 3 is 2.72 bits per heavy atom. The fourth-order valence-corrected chi connectivity index (χ4v) is 6.53. The first-order valence-electron chi connectivity index (χ1n) is 10.4. The summed E-state index contributed by atoms with van der Waals surface area (Å²) in [5, 5.41) is 8.71. The Hall–Kier alpha value is -2.43. The van der Waals surface area contributed by atoms with Gasteiger partial charge in [0.25, 0.3) is 0 Å². The summed E-state index contributed by atoms with van der Waals surface area (Å²) >= 11 is 0. The van der Waals surface area contributed by atoms with Gasteiger partial charge in [0.15, 0.2) is 5.78 Å². The largest absolute Gasteiger partial charge is 0.478 e. The predicted molar refractivity (Wildman–Crippen MR) is 108 cm³/mol. The molecule has 0 aromatic heterocycles. The van der Waals surface area contributed by atoms with Crippen LogP contribution in [0.1, 0.15) is 46.0 Å². The zero-order valence-corrected chi connectivity index (χ0v) is 17.0. The number of hydrogen-bond acceptors (Lipinski definition) is 4. The molecular formula is C24H28O5. The van der Waals surface area contributed by atoms with Crippen molar-refractivity contribution in [2.45, 2.75) is 52.1 Å². The minimum absolute atomic E-state index is 0.0710. The number of carbonyl (C=O) groups excluding carboxylic acids is 2. The third-order valence-electron chi connectivity index (χ3n) is 8.16. The van der Waals surface area contributed by atoms with E-state index in [2.05, 4.69) is 26.5 Å². The van der Waals surface area contributed by atoms with Crippen LogP contribution in [0.4, 0.5) is 0 Å². The SMILES string of the molecule is C=C1[C@H](OC(=O)/C=C\C(=O)O)C[C@H]2[C@@H]3CCC4=CC(=O)C=C[C@]4(C)[C@H]3CC[C@]12C. The van der Waals surface area contributed by atoms with Crippen LogP contribution in [-0.2, 0) is 19.1 Å². The van der Waals surface area contributed by atoms with E-state index >= 15 is 0 Å². The van der Waals surface area contributed by atoms with E-state index < -0.39 is 11.9 Å². The van der Waals surface area contributed by atoms with Crippen LogP contribution in [0.15, 0.2) is 48.1 Å². The van der Waals surface area contributed by atoms with Crippen molar-refractivity contribution in [1.82, 2.24) is 0 Å². The summed E-state index contributed by atoms with van der Waals surface area (Å²) in [7, 11) is 0. The average Bonchev–Trinajstić information content (AvgIpc) is 2.92. The molecule has 0 saturated heterocycles. The zero-order chi connectivity index (χ0) is 21.0. The van der Waals surface area contributed by atoms with Gasteiger partial charge in [-0.15, -0.1) is 0 Å². The molecule has 0 heterocycles. The quantitative estimate of drug-likeness (QED) is 0.443. The van der Waals surface area contributed by atoms with E-state index in [-0.39, 0.29) is 22.7 Å². The summed E-state index contributed by atoms with van der Waals surface area (Å²) in [6, 6.07) is 0. The van der Waals surface area contributed by atoms with Gasteiger partial charge in [-0.2, -0.15) is 0 Å². The summed E-state index contributed by atoms with van der Waals surface area (Å²) in [4.78, 5) is 34.6. The molecule has 0 spiro atoms. The highest BCUT2D eigenvalue weighted by Crippen LogP contribution is 2.65. The van der Waals surface area contributed by atoms with Crippen molar-refractivity contribution in [1.29, 1.82) is 0 Å². The van der Waals surface area contributed by atoms with Crippen LogP contribution in [0.3, 0.4) is 0 Å². The van der Waals surface area contributed by atoms with Gasteiger partial charge in [-0.25, -0.2) is 9.59 Å². The van der Waals surface area contributed by atoms with E-state index in [1.807, 2.05) is 6.08 Å². The van der Waals surface area contributed by atoms with Crippen molar-refractivity contribution in [3.8, 4) is 0 Å². The fourth-order valence-electron chi connectivity index (χ4n) is 6.53. The smallest absolute Gasteiger partial charge is 0.331 e. The third kappa shape index (κ3) is 3.11. The molecule has 0 aromatic rings. The Kier molecular flexibility index (Phi) is 4.67. The zero-order valence-electron chi connectivity index (χ0n) is 17.0. The van der Waals surface area contributed by atoms with Gasteiger partial charge in [0.2, 0.25) is 0 Å². The van der Waals surface area contributed by atoms with Crippen LogP contribution in [0, 0.1) is 28.6 Å². The topological polar surface area (TPSA) is 80.7 Å². The average molecular weight is 396 g/mol. The highest BCUT2D eigenvalue weighted by molar-refractivity contribution is 6.01. The van der Waals surface area contributed by atoms with E-state index in [9.17, 15) is 14.4 Å². The van der Waals surface area contributed by atoms with Gasteiger partial charge < -0.3 is 9.84 Å².